The average Bonchev–Trinajstić information content (AvgIpc) is 2.10. The molecule has 0 heterocycles. The molecule has 1 aromatic rings. The van der Waals surface area contributed by atoms with Gasteiger partial charge in [-0.15, -0.1) is 0 Å². The van der Waals surface area contributed by atoms with Crippen LogP contribution in [0.2, 0.25) is 0 Å². The number of halogens is 1. The molecule has 0 aromatic heterocycles. The number of hydrogen-bond donors (Lipinski definition) is 2. The highest BCUT2D eigenvalue weighted by Crippen LogP contribution is 2.28. The summed E-state index contributed by atoms with van der Waals surface area (Å²) in [5.41, 5.74) is 6.32. The lowest BCUT2D eigenvalue weighted by atomic mass is 10.0. The van der Waals surface area contributed by atoms with Crippen LogP contribution in [0, 0.1) is 14.9 Å². The van der Waals surface area contributed by atoms with Gasteiger partial charge in [0.2, 0.25) is 0 Å². The van der Waals surface area contributed by atoms with Gasteiger partial charge in [-0.1, -0.05) is 12.1 Å². The smallest absolute Gasteiger partial charge is 0.133 e. The molecule has 0 bridgehead atoms. The normalized spacial score (nSPS) is 12.1. The molecule has 3 nitrogen and oxygen atoms in total. The zero-order valence-corrected chi connectivity index (χ0v) is 9.02. The molecule has 1 atom stereocenters. The van der Waals surface area contributed by atoms with Crippen molar-refractivity contribution < 1.29 is 5.11 Å². The Morgan fingerprint density at radius 2 is 2.31 bits per heavy atom. The van der Waals surface area contributed by atoms with E-state index in [0.29, 0.717) is 5.56 Å². The second-order valence-corrected chi connectivity index (χ2v) is 3.81. The minimum Gasteiger partial charge on any atom is -0.506 e. The number of phenolic OH excluding ortho intramolecular Hbond substituents is 1. The molecule has 0 aliphatic heterocycles. The van der Waals surface area contributed by atoms with E-state index in [4.69, 9.17) is 11.0 Å². The number of benzene rings is 1. The predicted molar refractivity (Wildman–Crippen MR) is 58.0 cm³/mol. The molecule has 1 rings (SSSR count). The van der Waals surface area contributed by atoms with Crippen molar-refractivity contribution in [1.29, 1.82) is 5.26 Å². The van der Waals surface area contributed by atoms with Gasteiger partial charge in [0.15, 0.2) is 0 Å². The third-order valence-corrected chi connectivity index (χ3v) is 2.60. The summed E-state index contributed by atoms with van der Waals surface area (Å²) < 4.78 is 0.753. The largest absolute Gasteiger partial charge is 0.506 e. The van der Waals surface area contributed by atoms with Crippen LogP contribution in [0.5, 0.6) is 5.75 Å². The fraction of sp³-hybridized carbons (Fsp3) is 0.222. The Labute approximate surface area is 90.3 Å². The van der Waals surface area contributed by atoms with Crippen LogP contribution in [0.4, 0.5) is 0 Å². The molecule has 0 aliphatic carbocycles. The maximum Gasteiger partial charge on any atom is 0.133 e. The first-order valence-electron chi connectivity index (χ1n) is 3.76. The van der Waals surface area contributed by atoms with Crippen LogP contribution in [0.25, 0.3) is 0 Å². The maximum absolute atomic E-state index is 9.60. The number of para-hydroxylation sites is 1. The standard InChI is InChI=1S/C9H9IN2O/c10-7-3-1-2-6(9(7)13)8(12)4-5-11/h1-3,8,13H,4,12H2/t8-/m0/s1. The average molecular weight is 288 g/mol. The summed E-state index contributed by atoms with van der Waals surface area (Å²) in [5.74, 6) is 0.186. The van der Waals surface area contributed by atoms with E-state index >= 15 is 0 Å². The van der Waals surface area contributed by atoms with Crippen LogP contribution in [0.1, 0.15) is 18.0 Å². The highest BCUT2D eigenvalue weighted by atomic mass is 127. The van der Waals surface area contributed by atoms with Crippen LogP contribution in [-0.2, 0) is 0 Å². The van der Waals surface area contributed by atoms with Gasteiger partial charge in [0.05, 0.1) is 16.1 Å². The van der Waals surface area contributed by atoms with E-state index in [1.54, 1.807) is 12.1 Å². The summed E-state index contributed by atoms with van der Waals surface area (Å²) >= 11 is 2.02. The third-order valence-electron chi connectivity index (χ3n) is 1.73. The van der Waals surface area contributed by atoms with Crippen LogP contribution >= 0.6 is 22.6 Å². The van der Waals surface area contributed by atoms with Gasteiger partial charge in [0, 0.05) is 11.6 Å². The van der Waals surface area contributed by atoms with Crippen LogP contribution < -0.4 is 5.73 Å². The van der Waals surface area contributed by atoms with Gasteiger partial charge in [0.1, 0.15) is 5.75 Å². The molecular weight excluding hydrogens is 279 g/mol. The minimum atomic E-state index is -0.403. The van der Waals surface area contributed by atoms with E-state index in [2.05, 4.69) is 0 Å². The fourth-order valence-electron chi connectivity index (χ4n) is 1.04. The third kappa shape index (κ3) is 2.32. The highest BCUT2D eigenvalue weighted by Gasteiger charge is 2.11. The Morgan fingerprint density at radius 1 is 1.62 bits per heavy atom. The lowest BCUT2D eigenvalue weighted by Gasteiger charge is -2.10. The van der Waals surface area contributed by atoms with Crippen molar-refractivity contribution in [3.8, 4) is 11.8 Å². The molecule has 0 spiro atoms. The van der Waals surface area contributed by atoms with Crippen LogP contribution in [0.15, 0.2) is 18.2 Å². The van der Waals surface area contributed by atoms with Gasteiger partial charge in [0.25, 0.3) is 0 Å². The molecule has 0 aliphatic rings. The first kappa shape index (κ1) is 10.3. The molecule has 68 valence electrons. The summed E-state index contributed by atoms with van der Waals surface area (Å²) in [4.78, 5) is 0. The Kier molecular flexibility index (Phi) is 3.51. The number of rotatable bonds is 2. The van der Waals surface area contributed by atoms with E-state index in [-0.39, 0.29) is 12.2 Å². The molecule has 0 saturated heterocycles. The van der Waals surface area contributed by atoms with E-state index in [9.17, 15) is 5.11 Å². The van der Waals surface area contributed by atoms with E-state index in [0.717, 1.165) is 3.57 Å². The van der Waals surface area contributed by atoms with Gasteiger partial charge in [-0.25, -0.2) is 0 Å². The second kappa shape index (κ2) is 4.44. The van der Waals surface area contributed by atoms with Gasteiger partial charge >= 0.3 is 0 Å². The predicted octanol–water partition coefficient (Wildman–Crippen LogP) is 1.91. The molecule has 0 unspecified atom stereocenters. The summed E-state index contributed by atoms with van der Waals surface area (Å²) in [6, 6.07) is 6.91. The number of aromatic hydroxyl groups is 1. The molecule has 0 saturated carbocycles. The minimum absolute atomic E-state index is 0.186. The quantitative estimate of drug-likeness (QED) is 0.817. The zero-order valence-electron chi connectivity index (χ0n) is 6.87. The highest BCUT2D eigenvalue weighted by molar-refractivity contribution is 14.1. The molecule has 0 radical (unpaired) electrons. The van der Waals surface area contributed by atoms with Crippen molar-refractivity contribution in [3.05, 3.63) is 27.3 Å². The Morgan fingerprint density at radius 3 is 2.92 bits per heavy atom. The molecule has 1 aromatic carbocycles. The van der Waals surface area contributed by atoms with Gasteiger partial charge in [-0.2, -0.15) is 5.26 Å². The van der Waals surface area contributed by atoms with Crippen molar-refractivity contribution in [2.75, 3.05) is 0 Å². The number of hydrogen-bond acceptors (Lipinski definition) is 3. The number of phenols is 1. The Balaban J connectivity index is 3.02. The lowest BCUT2D eigenvalue weighted by molar-refractivity contribution is 0.458. The summed E-state index contributed by atoms with van der Waals surface area (Å²) in [6.45, 7) is 0. The second-order valence-electron chi connectivity index (χ2n) is 2.65. The van der Waals surface area contributed by atoms with Gasteiger partial charge in [-0.05, 0) is 28.7 Å². The molecular formula is C9H9IN2O. The van der Waals surface area contributed by atoms with Crippen LogP contribution in [0.3, 0.4) is 0 Å². The SMILES string of the molecule is N#CC[C@H](N)c1cccc(I)c1O. The van der Waals surface area contributed by atoms with E-state index in [1.807, 2.05) is 34.7 Å². The maximum atomic E-state index is 9.60. The van der Waals surface area contributed by atoms with Crippen molar-refractivity contribution in [3.63, 3.8) is 0 Å². The number of nitrogens with zero attached hydrogens (tertiary/aromatic N) is 1. The lowest BCUT2D eigenvalue weighted by Crippen LogP contribution is -2.09. The fourth-order valence-corrected chi connectivity index (χ4v) is 1.56. The molecule has 0 fully saturated rings. The summed E-state index contributed by atoms with van der Waals surface area (Å²) in [6.07, 6.45) is 0.216. The summed E-state index contributed by atoms with van der Waals surface area (Å²) in [5, 5.41) is 18.0. The van der Waals surface area contributed by atoms with Crippen molar-refractivity contribution in [2.45, 2.75) is 12.5 Å². The number of nitriles is 1. The number of nitrogens with two attached hydrogens (primary N) is 1. The molecule has 4 heteroatoms. The van der Waals surface area contributed by atoms with Gasteiger partial charge < -0.3 is 10.8 Å². The first-order valence-corrected chi connectivity index (χ1v) is 4.84. The Hall–Kier alpha value is -0.800. The molecule has 3 N–H and O–H groups in total. The zero-order chi connectivity index (χ0) is 9.84. The summed E-state index contributed by atoms with van der Waals surface area (Å²) in [7, 11) is 0. The van der Waals surface area contributed by atoms with E-state index in [1.165, 1.54) is 0 Å². The molecule has 0 amide bonds. The Bertz CT molecular complexity index is 346. The van der Waals surface area contributed by atoms with Crippen molar-refractivity contribution in [1.82, 2.24) is 0 Å². The van der Waals surface area contributed by atoms with Crippen molar-refractivity contribution in [2.24, 2.45) is 5.73 Å². The topological polar surface area (TPSA) is 70.0 Å². The van der Waals surface area contributed by atoms with Crippen LogP contribution in [-0.4, -0.2) is 5.11 Å². The first-order chi connectivity index (χ1) is 6.16. The monoisotopic (exact) mass is 288 g/mol. The van der Waals surface area contributed by atoms with Gasteiger partial charge in [-0.3, -0.25) is 0 Å². The van der Waals surface area contributed by atoms with E-state index < -0.39 is 6.04 Å². The van der Waals surface area contributed by atoms with Crippen molar-refractivity contribution >= 4 is 22.6 Å². The molecule has 13 heavy (non-hydrogen) atoms.